The van der Waals surface area contributed by atoms with E-state index in [0.29, 0.717) is 36.6 Å². The summed E-state index contributed by atoms with van der Waals surface area (Å²) in [4.78, 5) is 22.8. The molecule has 0 radical (unpaired) electrons. The Balaban J connectivity index is 2.26. The molecule has 1 aromatic heterocycles. The highest BCUT2D eigenvalue weighted by Gasteiger charge is 2.31. The van der Waals surface area contributed by atoms with Crippen LogP contribution in [0.3, 0.4) is 0 Å². The lowest BCUT2D eigenvalue weighted by Crippen LogP contribution is -2.55. The van der Waals surface area contributed by atoms with Crippen LogP contribution in [-0.4, -0.2) is 54.0 Å². The Morgan fingerprint density at radius 2 is 2.33 bits per heavy atom. The molecule has 1 saturated heterocycles. The molecule has 0 aliphatic carbocycles. The van der Waals surface area contributed by atoms with E-state index in [9.17, 15) is 4.79 Å². The number of morpholine rings is 1. The molecule has 2 heterocycles. The van der Waals surface area contributed by atoms with Crippen molar-refractivity contribution in [3.05, 3.63) is 6.07 Å². The number of carbonyl (C=O) groups is 1. The molecule has 1 aromatic rings. The van der Waals surface area contributed by atoms with E-state index >= 15 is 0 Å². The minimum Gasteiger partial charge on any atom is -0.383 e. The predicted molar refractivity (Wildman–Crippen MR) is 83.5 cm³/mol. The number of nitrogen functional groups attached to an aromatic ring is 1. The zero-order valence-corrected chi connectivity index (χ0v) is 13.3. The second-order valence-corrected chi connectivity index (χ2v) is 5.86. The van der Waals surface area contributed by atoms with Gasteiger partial charge >= 0.3 is 0 Å². The number of hydrogen-bond donors (Lipinski definition) is 2. The van der Waals surface area contributed by atoms with Crippen LogP contribution in [0.1, 0.15) is 13.8 Å². The van der Waals surface area contributed by atoms with E-state index in [-0.39, 0.29) is 11.9 Å². The maximum absolute atomic E-state index is 12.3. The van der Waals surface area contributed by atoms with Crippen molar-refractivity contribution in [1.82, 2.24) is 15.3 Å². The third-order valence-electron chi connectivity index (χ3n) is 3.05. The molecule has 0 spiro atoms. The van der Waals surface area contributed by atoms with Crippen LogP contribution < -0.4 is 16.0 Å². The maximum Gasteiger partial charge on any atom is 0.245 e. The molecule has 116 valence electrons. The van der Waals surface area contributed by atoms with Crippen LogP contribution in [0.25, 0.3) is 0 Å². The number of nitrogens with zero attached hydrogens (tertiary/aromatic N) is 3. The quantitative estimate of drug-likeness (QED) is 0.618. The second kappa shape index (κ2) is 6.95. The minimum atomic E-state index is -0.398. The summed E-state index contributed by atoms with van der Waals surface area (Å²) in [5.41, 5.74) is 5.82. The van der Waals surface area contributed by atoms with Gasteiger partial charge in [0.05, 0.1) is 13.2 Å². The number of amides is 1. The Hall–Kier alpha value is -1.54. The van der Waals surface area contributed by atoms with Crippen LogP contribution in [0.2, 0.25) is 0 Å². The molecule has 0 bridgehead atoms. The van der Waals surface area contributed by atoms with Gasteiger partial charge in [0, 0.05) is 18.7 Å². The SMILES string of the molecule is CSc1nc(N)cc(N2CCOCC2C(=O)NC(C)C)n1. The molecule has 8 heteroatoms. The van der Waals surface area contributed by atoms with Crippen LogP contribution in [-0.2, 0) is 9.53 Å². The summed E-state index contributed by atoms with van der Waals surface area (Å²) < 4.78 is 5.44. The number of nitrogens with one attached hydrogen (secondary N) is 1. The van der Waals surface area contributed by atoms with Gasteiger partial charge in [-0.1, -0.05) is 11.8 Å². The van der Waals surface area contributed by atoms with Gasteiger partial charge in [0.2, 0.25) is 5.91 Å². The molecular formula is C13H21N5O2S. The lowest BCUT2D eigenvalue weighted by molar-refractivity contribution is -0.125. The Bertz CT molecular complexity index is 511. The van der Waals surface area contributed by atoms with E-state index < -0.39 is 6.04 Å². The van der Waals surface area contributed by atoms with E-state index in [4.69, 9.17) is 10.5 Å². The Kier molecular flexibility index (Phi) is 5.24. The molecule has 0 aromatic carbocycles. The number of thioether (sulfide) groups is 1. The van der Waals surface area contributed by atoms with Crippen LogP contribution in [0, 0.1) is 0 Å². The monoisotopic (exact) mass is 311 g/mol. The summed E-state index contributed by atoms with van der Waals surface area (Å²) in [7, 11) is 0. The zero-order valence-electron chi connectivity index (χ0n) is 12.5. The third kappa shape index (κ3) is 3.98. The van der Waals surface area contributed by atoms with Crippen molar-refractivity contribution in [2.45, 2.75) is 31.1 Å². The Labute approximate surface area is 128 Å². The van der Waals surface area contributed by atoms with Crippen molar-refractivity contribution < 1.29 is 9.53 Å². The standard InChI is InChI=1S/C13H21N5O2S/c1-8(2)15-12(19)9-7-20-5-4-18(9)11-6-10(14)16-13(17-11)21-3/h6,8-9H,4-5,7H2,1-3H3,(H,15,19)(H2,14,16,17). The van der Waals surface area contributed by atoms with E-state index in [1.54, 1.807) is 6.07 Å². The summed E-state index contributed by atoms with van der Waals surface area (Å²) in [6, 6.07) is 1.38. The molecular weight excluding hydrogens is 290 g/mol. The first-order valence-corrected chi connectivity index (χ1v) is 8.07. The Morgan fingerprint density at radius 1 is 1.57 bits per heavy atom. The highest BCUT2D eigenvalue weighted by Crippen LogP contribution is 2.22. The molecule has 1 fully saturated rings. The number of rotatable bonds is 4. The summed E-state index contributed by atoms with van der Waals surface area (Å²) in [5, 5.41) is 3.51. The lowest BCUT2D eigenvalue weighted by Gasteiger charge is -2.35. The molecule has 21 heavy (non-hydrogen) atoms. The van der Waals surface area contributed by atoms with E-state index in [0.717, 1.165) is 0 Å². The third-order valence-corrected chi connectivity index (χ3v) is 3.60. The molecule has 1 amide bonds. The van der Waals surface area contributed by atoms with Crippen molar-refractivity contribution in [1.29, 1.82) is 0 Å². The van der Waals surface area contributed by atoms with E-state index in [2.05, 4.69) is 15.3 Å². The van der Waals surface area contributed by atoms with Gasteiger partial charge in [-0.15, -0.1) is 0 Å². The summed E-state index contributed by atoms with van der Waals surface area (Å²) in [6.07, 6.45) is 1.89. The normalized spacial score (nSPS) is 18.9. The Morgan fingerprint density at radius 3 is 3.00 bits per heavy atom. The molecule has 1 aliphatic heterocycles. The molecule has 1 aliphatic rings. The number of hydrogen-bond acceptors (Lipinski definition) is 7. The number of aromatic nitrogens is 2. The zero-order chi connectivity index (χ0) is 15.4. The van der Waals surface area contributed by atoms with Gasteiger partial charge in [0.1, 0.15) is 17.7 Å². The van der Waals surface area contributed by atoms with Gasteiger partial charge in [-0.3, -0.25) is 4.79 Å². The summed E-state index contributed by atoms with van der Waals surface area (Å²) in [6.45, 7) is 5.36. The van der Waals surface area contributed by atoms with Crippen LogP contribution >= 0.6 is 11.8 Å². The topological polar surface area (TPSA) is 93.4 Å². The largest absolute Gasteiger partial charge is 0.383 e. The second-order valence-electron chi connectivity index (χ2n) is 5.09. The first-order chi connectivity index (χ1) is 10.0. The maximum atomic E-state index is 12.3. The van der Waals surface area contributed by atoms with Crippen LogP contribution in [0.5, 0.6) is 0 Å². The number of nitrogens with two attached hydrogens (primary N) is 1. The fraction of sp³-hybridized carbons (Fsp3) is 0.615. The molecule has 2 rings (SSSR count). The lowest BCUT2D eigenvalue weighted by atomic mass is 10.2. The van der Waals surface area contributed by atoms with Crippen molar-refractivity contribution >= 4 is 29.3 Å². The van der Waals surface area contributed by atoms with Crippen molar-refractivity contribution in [3.63, 3.8) is 0 Å². The van der Waals surface area contributed by atoms with Gasteiger partial charge in [0.25, 0.3) is 0 Å². The fourth-order valence-electron chi connectivity index (χ4n) is 2.14. The first-order valence-electron chi connectivity index (χ1n) is 6.84. The highest BCUT2D eigenvalue weighted by atomic mass is 32.2. The minimum absolute atomic E-state index is 0.0624. The van der Waals surface area contributed by atoms with E-state index in [1.165, 1.54) is 11.8 Å². The van der Waals surface area contributed by atoms with Gasteiger partial charge in [-0.05, 0) is 20.1 Å². The van der Waals surface area contributed by atoms with Gasteiger partial charge in [-0.25, -0.2) is 9.97 Å². The molecule has 3 N–H and O–H groups in total. The van der Waals surface area contributed by atoms with Crippen molar-refractivity contribution in [2.24, 2.45) is 0 Å². The number of carbonyl (C=O) groups excluding carboxylic acids is 1. The van der Waals surface area contributed by atoms with Crippen molar-refractivity contribution in [3.8, 4) is 0 Å². The van der Waals surface area contributed by atoms with Crippen LogP contribution in [0.15, 0.2) is 11.2 Å². The van der Waals surface area contributed by atoms with Gasteiger partial charge < -0.3 is 20.7 Å². The smallest absolute Gasteiger partial charge is 0.245 e. The number of anilines is 2. The average molecular weight is 311 g/mol. The van der Waals surface area contributed by atoms with Crippen molar-refractivity contribution in [2.75, 3.05) is 36.6 Å². The van der Waals surface area contributed by atoms with Gasteiger partial charge in [0.15, 0.2) is 5.16 Å². The predicted octanol–water partition coefficient (Wildman–Crippen LogP) is 0.511. The van der Waals surface area contributed by atoms with Crippen LogP contribution in [0.4, 0.5) is 11.6 Å². The number of ether oxygens (including phenoxy) is 1. The molecule has 1 atom stereocenters. The first kappa shape index (κ1) is 15.8. The van der Waals surface area contributed by atoms with Gasteiger partial charge in [-0.2, -0.15) is 0 Å². The van der Waals surface area contributed by atoms with E-state index in [1.807, 2.05) is 25.0 Å². The summed E-state index contributed by atoms with van der Waals surface area (Å²) >= 11 is 1.42. The highest BCUT2D eigenvalue weighted by molar-refractivity contribution is 7.98. The fourth-order valence-corrected chi connectivity index (χ4v) is 2.53. The summed E-state index contributed by atoms with van der Waals surface area (Å²) in [5.74, 6) is 1.01. The molecule has 1 unspecified atom stereocenters. The average Bonchev–Trinajstić information content (AvgIpc) is 2.45. The molecule has 0 saturated carbocycles. The molecule has 7 nitrogen and oxygen atoms in total.